The summed E-state index contributed by atoms with van der Waals surface area (Å²) in [4.78, 5) is 39.1. The second-order valence-electron chi connectivity index (χ2n) is 5.63. The number of urea groups is 1. The SMILES string of the molecule is CN1C(=O)C(=O)N(CN(Cc2ccc(F)cc2)C2CC2)C1=O. The molecule has 4 amide bonds. The van der Waals surface area contributed by atoms with Crippen molar-refractivity contribution in [3.05, 3.63) is 35.6 Å². The molecular formula is C15H16FN3O3. The Labute approximate surface area is 127 Å². The predicted molar refractivity (Wildman–Crippen MR) is 74.8 cm³/mol. The molecule has 2 aliphatic rings. The first-order valence-electron chi connectivity index (χ1n) is 7.09. The first-order chi connectivity index (χ1) is 10.5. The quantitative estimate of drug-likeness (QED) is 0.605. The lowest BCUT2D eigenvalue weighted by Crippen LogP contribution is -2.42. The van der Waals surface area contributed by atoms with Crippen molar-refractivity contribution >= 4 is 17.8 Å². The Balaban J connectivity index is 1.72. The molecule has 6 nitrogen and oxygen atoms in total. The average Bonchev–Trinajstić information content (AvgIpc) is 3.32. The fourth-order valence-electron chi connectivity index (χ4n) is 2.48. The number of halogens is 1. The molecule has 1 aromatic carbocycles. The summed E-state index contributed by atoms with van der Waals surface area (Å²) >= 11 is 0. The number of carbonyl (C=O) groups is 3. The molecule has 1 saturated carbocycles. The van der Waals surface area contributed by atoms with Crippen LogP contribution in [0.15, 0.2) is 24.3 Å². The maximum absolute atomic E-state index is 13.0. The molecule has 116 valence electrons. The molecule has 0 spiro atoms. The van der Waals surface area contributed by atoms with Crippen molar-refractivity contribution in [1.82, 2.24) is 14.7 Å². The first-order valence-corrected chi connectivity index (χ1v) is 7.09. The molecule has 1 saturated heterocycles. The number of imide groups is 2. The normalized spacial score (nSPS) is 18.8. The largest absolute Gasteiger partial charge is 0.335 e. The maximum Gasteiger partial charge on any atom is 0.335 e. The molecule has 22 heavy (non-hydrogen) atoms. The van der Waals surface area contributed by atoms with E-state index in [1.807, 2.05) is 4.90 Å². The fraction of sp³-hybridized carbons (Fsp3) is 0.400. The van der Waals surface area contributed by atoms with Crippen LogP contribution in [0.25, 0.3) is 0 Å². The van der Waals surface area contributed by atoms with Crippen molar-refractivity contribution in [2.75, 3.05) is 13.7 Å². The Hall–Kier alpha value is -2.28. The van der Waals surface area contributed by atoms with E-state index in [1.54, 1.807) is 12.1 Å². The standard InChI is InChI=1S/C15H16FN3O3/c1-17-13(20)14(21)19(15(17)22)9-18(12-6-7-12)8-10-2-4-11(16)5-3-10/h2-5,12H,6-9H2,1H3. The highest BCUT2D eigenvalue weighted by Crippen LogP contribution is 2.29. The van der Waals surface area contributed by atoms with E-state index in [2.05, 4.69) is 0 Å². The zero-order valence-electron chi connectivity index (χ0n) is 12.2. The van der Waals surface area contributed by atoms with Crippen LogP contribution in [-0.2, 0) is 16.1 Å². The van der Waals surface area contributed by atoms with Gasteiger partial charge in [-0.3, -0.25) is 19.4 Å². The monoisotopic (exact) mass is 305 g/mol. The molecule has 1 aromatic rings. The summed E-state index contributed by atoms with van der Waals surface area (Å²) < 4.78 is 13.0. The van der Waals surface area contributed by atoms with Crippen molar-refractivity contribution in [3.8, 4) is 0 Å². The van der Waals surface area contributed by atoms with Gasteiger partial charge < -0.3 is 0 Å². The van der Waals surface area contributed by atoms with Crippen LogP contribution in [0.4, 0.5) is 9.18 Å². The van der Waals surface area contributed by atoms with Gasteiger partial charge >= 0.3 is 17.8 Å². The zero-order chi connectivity index (χ0) is 15.9. The van der Waals surface area contributed by atoms with Gasteiger partial charge in [-0.25, -0.2) is 14.1 Å². The smallest absolute Gasteiger partial charge is 0.278 e. The molecule has 0 atom stereocenters. The maximum atomic E-state index is 13.0. The van der Waals surface area contributed by atoms with E-state index in [-0.39, 0.29) is 18.5 Å². The number of hydrogen-bond acceptors (Lipinski definition) is 4. The third-order valence-electron chi connectivity index (χ3n) is 3.94. The Morgan fingerprint density at radius 1 is 1.14 bits per heavy atom. The van der Waals surface area contributed by atoms with Gasteiger partial charge in [0, 0.05) is 19.6 Å². The second kappa shape index (κ2) is 5.49. The lowest BCUT2D eigenvalue weighted by atomic mass is 10.2. The van der Waals surface area contributed by atoms with E-state index < -0.39 is 17.8 Å². The number of carbonyl (C=O) groups excluding carboxylic acids is 3. The molecule has 0 unspecified atom stereocenters. The van der Waals surface area contributed by atoms with Crippen molar-refractivity contribution in [2.24, 2.45) is 0 Å². The molecule has 1 aliphatic carbocycles. The van der Waals surface area contributed by atoms with E-state index in [0.717, 1.165) is 28.2 Å². The average molecular weight is 305 g/mol. The summed E-state index contributed by atoms with van der Waals surface area (Å²) in [5.41, 5.74) is 0.895. The first kappa shape index (κ1) is 14.6. The van der Waals surface area contributed by atoms with Crippen LogP contribution in [-0.4, -0.2) is 52.3 Å². The number of rotatable bonds is 5. The lowest BCUT2D eigenvalue weighted by molar-refractivity contribution is -0.143. The van der Waals surface area contributed by atoms with Crippen LogP contribution in [0.5, 0.6) is 0 Å². The van der Waals surface area contributed by atoms with E-state index in [9.17, 15) is 18.8 Å². The second-order valence-corrected chi connectivity index (χ2v) is 5.63. The Bertz CT molecular complexity index is 627. The number of benzene rings is 1. The summed E-state index contributed by atoms with van der Waals surface area (Å²) in [5.74, 6) is -1.90. The summed E-state index contributed by atoms with van der Waals surface area (Å²) in [5, 5.41) is 0. The Kier molecular flexibility index (Phi) is 3.66. The number of amides is 4. The van der Waals surface area contributed by atoms with Gasteiger partial charge in [-0.05, 0) is 30.5 Å². The summed E-state index contributed by atoms with van der Waals surface area (Å²) in [6.07, 6.45) is 1.97. The van der Waals surface area contributed by atoms with Crippen LogP contribution < -0.4 is 0 Å². The van der Waals surface area contributed by atoms with Gasteiger partial charge in [-0.2, -0.15) is 0 Å². The molecule has 0 bridgehead atoms. The Morgan fingerprint density at radius 3 is 2.27 bits per heavy atom. The third-order valence-corrected chi connectivity index (χ3v) is 3.94. The molecule has 1 aliphatic heterocycles. The molecule has 0 N–H and O–H groups in total. The van der Waals surface area contributed by atoms with Gasteiger partial charge in [0.1, 0.15) is 5.82 Å². The molecule has 7 heteroatoms. The minimum Gasteiger partial charge on any atom is -0.278 e. The van der Waals surface area contributed by atoms with Crippen molar-refractivity contribution in [3.63, 3.8) is 0 Å². The zero-order valence-corrected chi connectivity index (χ0v) is 12.2. The Morgan fingerprint density at radius 2 is 1.77 bits per heavy atom. The molecule has 2 fully saturated rings. The summed E-state index contributed by atoms with van der Waals surface area (Å²) in [7, 11) is 1.30. The van der Waals surface area contributed by atoms with E-state index in [4.69, 9.17) is 0 Å². The van der Waals surface area contributed by atoms with E-state index in [1.165, 1.54) is 19.2 Å². The molecule has 0 radical (unpaired) electrons. The van der Waals surface area contributed by atoms with Crippen LogP contribution in [0.1, 0.15) is 18.4 Å². The number of hydrogen-bond donors (Lipinski definition) is 0. The van der Waals surface area contributed by atoms with E-state index in [0.29, 0.717) is 6.54 Å². The lowest BCUT2D eigenvalue weighted by Gasteiger charge is -2.26. The molecule has 0 aromatic heterocycles. The van der Waals surface area contributed by atoms with Crippen LogP contribution in [0.3, 0.4) is 0 Å². The molecular weight excluding hydrogens is 289 g/mol. The molecule has 3 rings (SSSR count). The van der Waals surface area contributed by atoms with Gasteiger partial charge in [-0.1, -0.05) is 12.1 Å². The minimum atomic E-state index is -0.803. The topological polar surface area (TPSA) is 60.9 Å². The van der Waals surface area contributed by atoms with Gasteiger partial charge in [-0.15, -0.1) is 0 Å². The van der Waals surface area contributed by atoms with Crippen molar-refractivity contribution in [2.45, 2.75) is 25.4 Å². The number of likely N-dealkylation sites (N-methyl/N-ethyl adjacent to an activating group) is 1. The number of nitrogens with zero attached hydrogens (tertiary/aromatic N) is 3. The van der Waals surface area contributed by atoms with Crippen LogP contribution >= 0.6 is 0 Å². The van der Waals surface area contributed by atoms with Gasteiger partial charge in [0.2, 0.25) is 0 Å². The van der Waals surface area contributed by atoms with Gasteiger partial charge in [0.25, 0.3) is 0 Å². The van der Waals surface area contributed by atoms with Crippen molar-refractivity contribution < 1.29 is 18.8 Å². The minimum absolute atomic E-state index is 0.0792. The van der Waals surface area contributed by atoms with Gasteiger partial charge in [0.15, 0.2) is 0 Å². The summed E-state index contributed by atoms with van der Waals surface area (Å²) in [6, 6.07) is 5.80. The highest BCUT2D eigenvalue weighted by atomic mass is 19.1. The highest BCUT2D eigenvalue weighted by Gasteiger charge is 2.44. The highest BCUT2D eigenvalue weighted by molar-refractivity contribution is 6.44. The van der Waals surface area contributed by atoms with Crippen LogP contribution in [0.2, 0.25) is 0 Å². The fourth-order valence-corrected chi connectivity index (χ4v) is 2.48. The van der Waals surface area contributed by atoms with E-state index >= 15 is 0 Å². The summed E-state index contributed by atoms with van der Waals surface area (Å²) in [6.45, 7) is 0.579. The van der Waals surface area contributed by atoms with Gasteiger partial charge in [0.05, 0.1) is 6.67 Å². The third kappa shape index (κ3) is 2.71. The van der Waals surface area contributed by atoms with Crippen molar-refractivity contribution in [1.29, 1.82) is 0 Å². The predicted octanol–water partition coefficient (Wildman–Crippen LogP) is 1.17. The molecule has 1 heterocycles. The van der Waals surface area contributed by atoms with Crippen LogP contribution in [0, 0.1) is 5.82 Å².